The van der Waals surface area contributed by atoms with Gasteiger partial charge in [-0.3, -0.25) is 19.2 Å². The lowest BCUT2D eigenvalue weighted by Crippen LogP contribution is -2.42. The van der Waals surface area contributed by atoms with Crippen molar-refractivity contribution in [2.24, 2.45) is 0 Å². The van der Waals surface area contributed by atoms with Crippen LogP contribution in [0.15, 0.2) is 163 Å². The van der Waals surface area contributed by atoms with E-state index in [0.717, 1.165) is 78.1 Å². The molecule has 3 aromatic heterocycles. The highest BCUT2D eigenvalue weighted by molar-refractivity contribution is 6.09. The van der Waals surface area contributed by atoms with Crippen molar-refractivity contribution in [3.05, 3.63) is 191 Å². The van der Waals surface area contributed by atoms with E-state index in [9.17, 15) is 4.79 Å². The number of hydrogen-bond acceptors (Lipinski definition) is 4. The number of aromatic nitrogens is 3. The Morgan fingerprint density at radius 2 is 1.04 bits per heavy atom. The summed E-state index contributed by atoms with van der Waals surface area (Å²) in [5.41, 5.74) is 9.60. The molecular formula is C42H26N4O. The number of hydrogen-bond donors (Lipinski definition) is 0. The van der Waals surface area contributed by atoms with Crippen molar-refractivity contribution in [1.29, 1.82) is 0 Å². The average molecular weight is 603 g/mol. The van der Waals surface area contributed by atoms with Crippen molar-refractivity contribution in [2.75, 3.05) is 4.90 Å². The molecule has 0 atom stereocenters. The maximum absolute atomic E-state index is 14.4. The molecule has 5 heterocycles. The summed E-state index contributed by atoms with van der Waals surface area (Å²) in [5.74, 6) is 0.832. The first-order valence-corrected chi connectivity index (χ1v) is 15.8. The van der Waals surface area contributed by atoms with Crippen LogP contribution in [-0.2, 0) is 5.41 Å². The zero-order chi connectivity index (χ0) is 31.1. The van der Waals surface area contributed by atoms with Gasteiger partial charge in [-0.2, -0.15) is 0 Å². The SMILES string of the molecule is O=c1c2ccccc2c2cccc3c2n1-c1ccccc1C31c2ccccc2N(c2cccc(-c3ccncc3)n2)c2ccccc21. The van der Waals surface area contributed by atoms with E-state index in [1.54, 1.807) is 12.4 Å². The fraction of sp³-hybridized carbons (Fsp3) is 0.0238. The fourth-order valence-corrected chi connectivity index (χ4v) is 8.10. The highest BCUT2D eigenvalue weighted by Crippen LogP contribution is 2.60. The first kappa shape index (κ1) is 25.9. The molecule has 0 N–H and O–H groups in total. The monoisotopic (exact) mass is 602 g/mol. The molecule has 8 aromatic rings. The van der Waals surface area contributed by atoms with Gasteiger partial charge in [0.05, 0.1) is 33.7 Å². The Labute approximate surface area is 270 Å². The van der Waals surface area contributed by atoms with Crippen LogP contribution >= 0.6 is 0 Å². The summed E-state index contributed by atoms with van der Waals surface area (Å²) in [7, 11) is 0. The summed E-state index contributed by atoms with van der Waals surface area (Å²) >= 11 is 0. The van der Waals surface area contributed by atoms with Gasteiger partial charge in [0, 0.05) is 28.7 Å². The van der Waals surface area contributed by atoms with Crippen LogP contribution in [0.25, 0.3) is 38.6 Å². The smallest absolute Gasteiger partial charge is 0.263 e. The number of nitrogens with zero attached hydrogens (tertiary/aromatic N) is 4. The first-order chi connectivity index (χ1) is 23.3. The Balaban J connectivity index is 1.35. The lowest BCUT2D eigenvalue weighted by molar-refractivity contribution is 0.708. The Bertz CT molecular complexity index is 2580. The zero-order valence-corrected chi connectivity index (χ0v) is 25.2. The topological polar surface area (TPSA) is 51.0 Å². The van der Waals surface area contributed by atoms with E-state index in [4.69, 9.17) is 4.98 Å². The molecule has 0 radical (unpaired) electrons. The minimum absolute atomic E-state index is 0.000941. The predicted molar refractivity (Wildman–Crippen MR) is 188 cm³/mol. The zero-order valence-electron chi connectivity index (χ0n) is 25.2. The second-order valence-corrected chi connectivity index (χ2v) is 12.1. The van der Waals surface area contributed by atoms with E-state index >= 15 is 0 Å². The third-order valence-electron chi connectivity index (χ3n) is 9.90. The lowest BCUT2D eigenvalue weighted by Gasteiger charge is -2.48. The van der Waals surface area contributed by atoms with Crippen molar-refractivity contribution in [3.63, 3.8) is 0 Å². The minimum atomic E-state index is -0.697. The number of benzene rings is 5. The Morgan fingerprint density at radius 3 is 1.77 bits per heavy atom. The number of anilines is 3. The molecule has 5 nitrogen and oxygen atoms in total. The van der Waals surface area contributed by atoms with Crippen molar-refractivity contribution < 1.29 is 0 Å². The molecule has 0 amide bonds. The molecule has 0 saturated carbocycles. The number of fused-ring (bicyclic) bond motifs is 10. The van der Waals surface area contributed by atoms with Gasteiger partial charge in [-0.15, -0.1) is 0 Å². The molecule has 10 rings (SSSR count). The standard InChI is InChI=1S/C42H26N4O/c47-41-30-12-2-1-11-28(30)29-13-9-17-34-40(29)46(41)38-21-8-5-16-33(38)42(34)31-14-3-6-19-36(31)45(37-20-7-4-15-32(37)42)39-22-10-18-35(44-39)27-23-25-43-26-24-27/h1-26H. The van der Waals surface area contributed by atoms with Crippen LogP contribution in [0.3, 0.4) is 0 Å². The van der Waals surface area contributed by atoms with Crippen LogP contribution in [0.4, 0.5) is 17.2 Å². The lowest BCUT2D eigenvalue weighted by atomic mass is 9.60. The van der Waals surface area contributed by atoms with Crippen LogP contribution in [0.1, 0.15) is 22.3 Å². The highest BCUT2D eigenvalue weighted by Gasteiger charge is 2.50. The van der Waals surface area contributed by atoms with Crippen LogP contribution in [0.5, 0.6) is 0 Å². The maximum atomic E-state index is 14.4. The molecule has 1 spiro atoms. The molecule has 5 aromatic carbocycles. The number of rotatable bonds is 2. The van der Waals surface area contributed by atoms with Crippen LogP contribution in [-0.4, -0.2) is 14.5 Å². The van der Waals surface area contributed by atoms with E-state index in [1.807, 2.05) is 47.0 Å². The van der Waals surface area contributed by atoms with Crippen molar-refractivity contribution in [1.82, 2.24) is 14.5 Å². The van der Waals surface area contributed by atoms with Gasteiger partial charge in [0.25, 0.3) is 5.56 Å². The fourth-order valence-electron chi connectivity index (χ4n) is 8.10. The van der Waals surface area contributed by atoms with Gasteiger partial charge in [-0.25, -0.2) is 4.98 Å². The molecule has 220 valence electrons. The Kier molecular flexibility index (Phi) is 5.29. The minimum Gasteiger partial charge on any atom is -0.294 e. The van der Waals surface area contributed by atoms with Crippen LogP contribution < -0.4 is 10.5 Å². The normalized spacial score (nSPS) is 13.7. The van der Waals surface area contributed by atoms with E-state index in [0.29, 0.717) is 0 Å². The molecular weight excluding hydrogens is 576 g/mol. The molecule has 0 bridgehead atoms. The van der Waals surface area contributed by atoms with E-state index in [-0.39, 0.29) is 5.56 Å². The van der Waals surface area contributed by atoms with Gasteiger partial charge in [-0.05, 0) is 76.2 Å². The van der Waals surface area contributed by atoms with Crippen LogP contribution in [0, 0.1) is 0 Å². The van der Waals surface area contributed by atoms with Gasteiger partial charge >= 0.3 is 0 Å². The second-order valence-electron chi connectivity index (χ2n) is 12.1. The summed E-state index contributed by atoms with van der Waals surface area (Å²) in [6, 6.07) is 50.4. The summed E-state index contributed by atoms with van der Waals surface area (Å²) < 4.78 is 1.95. The van der Waals surface area contributed by atoms with E-state index in [1.165, 1.54) is 0 Å². The molecule has 0 saturated heterocycles. The summed E-state index contributed by atoms with van der Waals surface area (Å²) in [6.45, 7) is 0. The molecule has 0 unspecified atom stereocenters. The largest absolute Gasteiger partial charge is 0.294 e. The number of para-hydroxylation sites is 4. The van der Waals surface area contributed by atoms with Gasteiger partial charge in [0.15, 0.2) is 0 Å². The summed E-state index contributed by atoms with van der Waals surface area (Å²) in [4.78, 5) is 26.1. The van der Waals surface area contributed by atoms with Gasteiger partial charge in [-0.1, -0.05) is 97.1 Å². The molecule has 2 aliphatic heterocycles. The second kappa shape index (κ2) is 9.59. The maximum Gasteiger partial charge on any atom is 0.263 e. The Morgan fingerprint density at radius 1 is 0.489 bits per heavy atom. The quantitative estimate of drug-likeness (QED) is 0.185. The molecule has 2 aliphatic rings. The average Bonchev–Trinajstić information content (AvgIpc) is 3.15. The molecule has 47 heavy (non-hydrogen) atoms. The van der Waals surface area contributed by atoms with E-state index in [2.05, 4.69) is 113 Å². The molecule has 0 aliphatic carbocycles. The van der Waals surface area contributed by atoms with Crippen molar-refractivity contribution >= 4 is 38.9 Å². The highest BCUT2D eigenvalue weighted by atomic mass is 16.1. The third kappa shape index (κ3) is 3.35. The van der Waals surface area contributed by atoms with Gasteiger partial charge in [0.1, 0.15) is 5.82 Å². The summed E-state index contributed by atoms with van der Waals surface area (Å²) in [5, 5.41) is 2.76. The van der Waals surface area contributed by atoms with E-state index < -0.39 is 5.41 Å². The molecule has 0 fully saturated rings. The summed E-state index contributed by atoms with van der Waals surface area (Å²) in [6.07, 6.45) is 3.60. The van der Waals surface area contributed by atoms with Gasteiger partial charge in [0.2, 0.25) is 0 Å². The first-order valence-electron chi connectivity index (χ1n) is 15.8. The third-order valence-corrected chi connectivity index (χ3v) is 9.90. The van der Waals surface area contributed by atoms with Crippen molar-refractivity contribution in [2.45, 2.75) is 5.41 Å². The van der Waals surface area contributed by atoms with Crippen LogP contribution in [0.2, 0.25) is 0 Å². The molecule has 5 heteroatoms. The number of pyridine rings is 3. The predicted octanol–water partition coefficient (Wildman–Crippen LogP) is 9.08. The van der Waals surface area contributed by atoms with Gasteiger partial charge < -0.3 is 0 Å². The van der Waals surface area contributed by atoms with Crippen molar-refractivity contribution in [3.8, 4) is 16.9 Å². The Hall–Kier alpha value is -6.33.